The highest BCUT2D eigenvalue weighted by Crippen LogP contribution is 2.29. The van der Waals surface area contributed by atoms with Crippen LogP contribution in [0.5, 0.6) is 0 Å². The summed E-state index contributed by atoms with van der Waals surface area (Å²) in [5, 5.41) is 0. The van der Waals surface area contributed by atoms with Gasteiger partial charge in [0, 0.05) is 44.3 Å². The van der Waals surface area contributed by atoms with Crippen molar-refractivity contribution in [1.29, 1.82) is 0 Å². The molecule has 1 saturated heterocycles. The lowest BCUT2D eigenvalue weighted by atomic mass is 9.92. The number of likely N-dealkylation sites (tertiary alicyclic amines) is 1. The maximum atomic E-state index is 14.2. The first-order valence-electron chi connectivity index (χ1n) is 10.8. The van der Waals surface area contributed by atoms with Crippen LogP contribution in [0, 0.1) is 5.82 Å². The molecule has 1 aliphatic carbocycles. The van der Waals surface area contributed by atoms with Gasteiger partial charge in [-0.05, 0) is 49.1 Å². The van der Waals surface area contributed by atoms with E-state index < -0.39 is 0 Å². The Balaban J connectivity index is 1.26. The maximum Gasteiger partial charge on any atom is 0.253 e. The molecule has 1 amide bonds. The number of imidazole rings is 1. The Kier molecular flexibility index (Phi) is 5.03. The summed E-state index contributed by atoms with van der Waals surface area (Å²) < 4.78 is 16.0. The SMILES string of the molecule is CN(C(=O)c1ccc(Cn2cnc3cccc(F)c32)cc1)C1CCN(C2CCC2)C1. The van der Waals surface area contributed by atoms with Crippen LogP contribution in [0.4, 0.5) is 4.39 Å². The van der Waals surface area contributed by atoms with Crippen molar-refractivity contribution in [3.05, 3.63) is 65.7 Å². The Hall–Kier alpha value is -2.73. The largest absolute Gasteiger partial charge is 0.337 e. The second-order valence-electron chi connectivity index (χ2n) is 8.62. The molecule has 1 aliphatic heterocycles. The molecule has 0 spiro atoms. The van der Waals surface area contributed by atoms with E-state index in [1.165, 1.54) is 25.3 Å². The predicted molar refractivity (Wildman–Crippen MR) is 115 cm³/mol. The summed E-state index contributed by atoms with van der Waals surface area (Å²) in [6, 6.07) is 13.6. The van der Waals surface area contributed by atoms with Crippen LogP contribution in [0.3, 0.4) is 0 Å². The van der Waals surface area contributed by atoms with Crippen LogP contribution in [0.25, 0.3) is 11.0 Å². The van der Waals surface area contributed by atoms with Gasteiger partial charge in [0.25, 0.3) is 5.91 Å². The zero-order valence-corrected chi connectivity index (χ0v) is 17.3. The summed E-state index contributed by atoms with van der Waals surface area (Å²) in [6.07, 6.45) is 6.67. The molecular formula is C24H27FN4O. The van der Waals surface area contributed by atoms with Crippen LogP contribution < -0.4 is 0 Å². The van der Waals surface area contributed by atoms with Crippen molar-refractivity contribution in [2.75, 3.05) is 20.1 Å². The fourth-order valence-electron chi connectivity index (χ4n) is 4.69. The van der Waals surface area contributed by atoms with Gasteiger partial charge in [-0.25, -0.2) is 9.37 Å². The quantitative estimate of drug-likeness (QED) is 0.645. The molecule has 0 radical (unpaired) electrons. The summed E-state index contributed by atoms with van der Waals surface area (Å²) in [7, 11) is 1.92. The molecule has 0 N–H and O–H groups in total. The van der Waals surface area contributed by atoms with Crippen LogP contribution in [0.2, 0.25) is 0 Å². The number of amides is 1. The first-order chi connectivity index (χ1) is 14.6. The number of carbonyl (C=O) groups excluding carboxylic acids is 1. The number of halogens is 1. The summed E-state index contributed by atoms with van der Waals surface area (Å²) in [4.78, 5) is 21.7. The minimum atomic E-state index is -0.272. The summed E-state index contributed by atoms with van der Waals surface area (Å²) in [5.41, 5.74) is 2.87. The maximum absolute atomic E-state index is 14.2. The Morgan fingerprint density at radius 3 is 2.70 bits per heavy atom. The summed E-state index contributed by atoms with van der Waals surface area (Å²) in [6.45, 7) is 2.60. The van der Waals surface area contributed by atoms with Crippen LogP contribution in [0.15, 0.2) is 48.8 Å². The van der Waals surface area contributed by atoms with E-state index in [2.05, 4.69) is 9.88 Å². The van der Waals surface area contributed by atoms with Gasteiger partial charge >= 0.3 is 0 Å². The minimum Gasteiger partial charge on any atom is -0.337 e. The van der Waals surface area contributed by atoms with Gasteiger partial charge in [0.2, 0.25) is 0 Å². The van der Waals surface area contributed by atoms with E-state index in [-0.39, 0.29) is 17.8 Å². The van der Waals surface area contributed by atoms with E-state index >= 15 is 0 Å². The molecule has 5 nitrogen and oxygen atoms in total. The highest BCUT2D eigenvalue weighted by molar-refractivity contribution is 5.94. The van der Waals surface area contributed by atoms with Crippen molar-refractivity contribution in [3.63, 3.8) is 0 Å². The van der Waals surface area contributed by atoms with Crippen molar-refractivity contribution in [3.8, 4) is 0 Å². The van der Waals surface area contributed by atoms with Crippen LogP contribution in [-0.4, -0.2) is 57.5 Å². The lowest BCUT2D eigenvalue weighted by molar-refractivity contribution is 0.0720. The van der Waals surface area contributed by atoms with Gasteiger partial charge in [-0.2, -0.15) is 0 Å². The second kappa shape index (κ2) is 7.84. The van der Waals surface area contributed by atoms with Gasteiger partial charge in [-0.3, -0.25) is 9.69 Å². The number of likely N-dealkylation sites (N-methyl/N-ethyl adjacent to an activating group) is 1. The number of hydrogen-bond acceptors (Lipinski definition) is 3. The Morgan fingerprint density at radius 1 is 1.17 bits per heavy atom. The number of fused-ring (bicyclic) bond motifs is 1. The number of aromatic nitrogens is 2. The topological polar surface area (TPSA) is 41.4 Å². The first kappa shape index (κ1) is 19.2. The normalized spacial score (nSPS) is 19.9. The smallest absolute Gasteiger partial charge is 0.253 e. The zero-order valence-electron chi connectivity index (χ0n) is 17.3. The average molecular weight is 407 g/mol. The number of rotatable bonds is 5. The molecule has 2 aromatic carbocycles. The number of benzene rings is 2. The predicted octanol–water partition coefficient (Wildman–Crippen LogP) is 3.92. The molecule has 1 unspecified atom stereocenters. The third-order valence-electron chi connectivity index (χ3n) is 6.80. The fourth-order valence-corrected chi connectivity index (χ4v) is 4.69. The van der Waals surface area contributed by atoms with Crippen molar-refractivity contribution < 1.29 is 9.18 Å². The van der Waals surface area contributed by atoms with Gasteiger partial charge < -0.3 is 9.47 Å². The Bertz CT molecular complexity index is 1060. The third kappa shape index (κ3) is 3.49. The molecule has 1 saturated carbocycles. The van der Waals surface area contributed by atoms with Crippen molar-refractivity contribution in [1.82, 2.24) is 19.4 Å². The zero-order chi connectivity index (χ0) is 20.7. The highest BCUT2D eigenvalue weighted by Gasteiger charge is 2.34. The van der Waals surface area contributed by atoms with E-state index in [1.807, 2.05) is 42.3 Å². The molecule has 30 heavy (non-hydrogen) atoms. The van der Waals surface area contributed by atoms with E-state index in [4.69, 9.17) is 0 Å². The molecule has 1 atom stereocenters. The van der Waals surface area contributed by atoms with E-state index in [1.54, 1.807) is 17.0 Å². The third-order valence-corrected chi connectivity index (χ3v) is 6.80. The molecule has 3 aromatic rings. The van der Waals surface area contributed by atoms with Gasteiger partial charge in [-0.15, -0.1) is 0 Å². The fraction of sp³-hybridized carbons (Fsp3) is 0.417. The number of nitrogens with zero attached hydrogens (tertiary/aromatic N) is 4. The Morgan fingerprint density at radius 2 is 1.97 bits per heavy atom. The summed E-state index contributed by atoms with van der Waals surface area (Å²) in [5.74, 6) is -0.202. The molecule has 156 valence electrons. The molecule has 2 fully saturated rings. The van der Waals surface area contributed by atoms with Crippen molar-refractivity contribution in [2.45, 2.75) is 44.3 Å². The van der Waals surface area contributed by atoms with Gasteiger partial charge in [-0.1, -0.05) is 24.6 Å². The van der Waals surface area contributed by atoms with E-state index in [0.717, 1.165) is 31.1 Å². The number of hydrogen-bond donors (Lipinski definition) is 0. The average Bonchev–Trinajstić information content (AvgIpc) is 3.35. The van der Waals surface area contributed by atoms with Gasteiger partial charge in [0.05, 0.1) is 11.8 Å². The summed E-state index contributed by atoms with van der Waals surface area (Å²) >= 11 is 0. The minimum absolute atomic E-state index is 0.0705. The standard InChI is InChI=1S/C24H27FN4O/c1-27(20-12-13-28(15-20)19-4-2-5-19)24(30)18-10-8-17(9-11-18)14-29-16-26-22-7-3-6-21(25)23(22)29/h3,6-11,16,19-20H,2,4-5,12-15H2,1H3. The number of carbonyl (C=O) groups is 1. The molecule has 6 heteroatoms. The van der Waals surface area contributed by atoms with Crippen LogP contribution in [0.1, 0.15) is 41.6 Å². The number of para-hydroxylation sites is 1. The molecule has 2 heterocycles. The molecular weight excluding hydrogens is 379 g/mol. The van der Waals surface area contributed by atoms with Crippen molar-refractivity contribution >= 4 is 16.9 Å². The molecule has 5 rings (SSSR count). The molecule has 2 aliphatic rings. The lowest BCUT2D eigenvalue weighted by Gasteiger charge is -2.35. The van der Waals surface area contributed by atoms with Crippen LogP contribution >= 0.6 is 0 Å². The van der Waals surface area contributed by atoms with E-state index in [0.29, 0.717) is 23.1 Å². The van der Waals surface area contributed by atoms with E-state index in [9.17, 15) is 9.18 Å². The molecule has 0 bridgehead atoms. The monoisotopic (exact) mass is 406 g/mol. The van der Waals surface area contributed by atoms with Gasteiger partial charge in [0.15, 0.2) is 0 Å². The van der Waals surface area contributed by atoms with Crippen LogP contribution in [-0.2, 0) is 6.54 Å². The first-order valence-corrected chi connectivity index (χ1v) is 10.8. The Labute approximate surface area is 176 Å². The highest BCUT2D eigenvalue weighted by atomic mass is 19.1. The lowest BCUT2D eigenvalue weighted by Crippen LogP contribution is -2.43. The van der Waals surface area contributed by atoms with Gasteiger partial charge in [0.1, 0.15) is 11.3 Å². The van der Waals surface area contributed by atoms with Crippen molar-refractivity contribution in [2.24, 2.45) is 0 Å². The molecule has 1 aromatic heterocycles. The second-order valence-corrected chi connectivity index (χ2v) is 8.62.